The van der Waals surface area contributed by atoms with Crippen LogP contribution in [-0.4, -0.2) is 29.7 Å². The van der Waals surface area contributed by atoms with Gasteiger partial charge in [-0.05, 0) is 58.2 Å². The lowest BCUT2D eigenvalue weighted by Gasteiger charge is -2.17. The molecule has 0 N–H and O–H groups in total. The zero-order valence-electron chi connectivity index (χ0n) is 17.9. The van der Waals surface area contributed by atoms with E-state index in [9.17, 15) is 9.18 Å². The van der Waals surface area contributed by atoms with Crippen molar-refractivity contribution in [1.29, 1.82) is 0 Å². The van der Waals surface area contributed by atoms with Gasteiger partial charge in [-0.2, -0.15) is 4.98 Å². The monoisotopic (exact) mass is 425 g/mol. The van der Waals surface area contributed by atoms with E-state index in [1.807, 2.05) is 27.7 Å². The third kappa shape index (κ3) is 3.15. The smallest absolute Gasteiger partial charge is 0.278 e. The number of imidazole rings is 1. The molecule has 1 saturated heterocycles. The molecule has 3 aromatic heterocycles. The van der Waals surface area contributed by atoms with E-state index in [4.69, 9.17) is 9.26 Å². The van der Waals surface area contributed by atoms with E-state index < -0.39 is 5.82 Å². The topological polar surface area (TPSA) is 87.5 Å². The Bertz CT molecular complexity index is 1350. The predicted molar refractivity (Wildman–Crippen MR) is 112 cm³/mol. The summed E-state index contributed by atoms with van der Waals surface area (Å²) in [5.74, 6) is 0.220. The third-order valence-electron chi connectivity index (χ3n) is 6.08. The maximum Gasteiger partial charge on any atom is 0.278 e. The first-order valence-electron chi connectivity index (χ1n) is 10.5. The summed E-state index contributed by atoms with van der Waals surface area (Å²) in [7, 11) is 0. The van der Waals surface area contributed by atoms with E-state index in [0.717, 1.165) is 12.8 Å². The van der Waals surface area contributed by atoms with Crippen molar-refractivity contribution < 1.29 is 13.7 Å². The quantitative estimate of drug-likeness (QED) is 0.480. The Balaban J connectivity index is 1.70. The fourth-order valence-corrected chi connectivity index (χ4v) is 4.25. The Morgan fingerprint density at radius 1 is 1.32 bits per heavy atom. The van der Waals surface area contributed by atoms with Gasteiger partial charge in [0.25, 0.3) is 11.4 Å². The fourth-order valence-electron chi connectivity index (χ4n) is 4.25. The first-order valence-corrected chi connectivity index (χ1v) is 10.5. The van der Waals surface area contributed by atoms with Gasteiger partial charge < -0.3 is 13.8 Å². The van der Waals surface area contributed by atoms with Gasteiger partial charge in [0.2, 0.25) is 5.82 Å². The molecule has 9 heteroatoms. The Labute approximate surface area is 177 Å². The molecule has 1 aromatic carbocycles. The second-order valence-corrected chi connectivity index (χ2v) is 8.74. The summed E-state index contributed by atoms with van der Waals surface area (Å²) in [6.07, 6.45) is 3.66. The highest BCUT2D eigenvalue weighted by Crippen LogP contribution is 2.38. The van der Waals surface area contributed by atoms with Crippen LogP contribution in [0.25, 0.3) is 28.1 Å². The Hall–Kier alpha value is -3.07. The molecule has 0 aliphatic carbocycles. The van der Waals surface area contributed by atoms with Crippen LogP contribution in [0.2, 0.25) is 0 Å². The number of fused-ring (bicyclic) bond motifs is 3. The van der Waals surface area contributed by atoms with Gasteiger partial charge in [-0.25, -0.2) is 9.37 Å². The minimum absolute atomic E-state index is 0.125. The maximum absolute atomic E-state index is 14.0. The summed E-state index contributed by atoms with van der Waals surface area (Å²) < 4.78 is 28.7. The van der Waals surface area contributed by atoms with Crippen LogP contribution < -0.4 is 5.56 Å². The predicted octanol–water partition coefficient (Wildman–Crippen LogP) is 4.44. The Kier molecular flexibility index (Phi) is 4.47. The minimum Gasteiger partial charge on any atom is -0.363 e. The van der Waals surface area contributed by atoms with Crippen molar-refractivity contribution in [2.45, 2.75) is 64.7 Å². The van der Waals surface area contributed by atoms with Crippen LogP contribution in [-0.2, 0) is 4.74 Å². The molecule has 0 amide bonds. The van der Waals surface area contributed by atoms with Gasteiger partial charge in [0.15, 0.2) is 0 Å². The van der Waals surface area contributed by atoms with Crippen molar-refractivity contribution in [2.24, 2.45) is 0 Å². The lowest BCUT2D eigenvalue weighted by Crippen LogP contribution is -2.25. The fraction of sp³-hybridized carbons (Fsp3) is 0.455. The lowest BCUT2D eigenvalue weighted by molar-refractivity contribution is -0.0292. The second kappa shape index (κ2) is 6.98. The summed E-state index contributed by atoms with van der Waals surface area (Å²) in [5, 5.41) is 4.08. The van der Waals surface area contributed by atoms with Gasteiger partial charge in [-0.3, -0.25) is 9.20 Å². The van der Waals surface area contributed by atoms with Gasteiger partial charge in [0.05, 0.1) is 16.6 Å². The highest BCUT2D eigenvalue weighted by atomic mass is 19.1. The van der Waals surface area contributed by atoms with Crippen LogP contribution in [0.4, 0.5) is 4.39 Å². The van der Waals surface area contributed by atoms with Crippen molar-refractivity contribution in [3.05, 3.63) is 46.6 Å². The second-order valence-electron chi connectivity index (χ2n) is 8.74. The Morgan fingerprint density at radius 2 is 2.13 bits per heavy atom. The normalized spacial score (nSPS) is 19.5. The van der Waals surface area contributed by atoms with Gasteiger partial charge in [0, 0.05) is 6.04 Å². The molecule has 4 aromatic rings. The first-order chi connectivity index (χ1) is 14.8. The first kappa shape index (κ1) is 19.9. The Morgan fingerprint density at radius 3 is 2.84 bits per heavy atom. The molecule has 162 valence electrons. The third-order valence-corrected chi connectivity index (χ3v) is 6.08. The number of benzene rings is 1. The van der Waals surface area contributed by atoms with Gasteiger partial charge in [-0.15, -0.1) is 0 Å². The highest BCUT2D eigenvalue weighted by molar-refractivity contribution is 5.83. The molecular weight excluding hydrogens is 401 g/mol. The summed E-state index contributed by atoms with van der Waals surface area (Å²) in [6, 6.07) is 4.28. The summed E-state index contributed by atoms with van der Waals surface area (Å²) in [5.41, 5.74) is 1.36. The van der Waals surface area contributed by atoms with E-state index in [0.29, 0.717) is 34.6 Å². The van der Waals surface area contributed by atoms with E-state index in [1.165, 1.54) is 12.1 Å². The molecular formula is C22H24FN5O3. The maximum atomic E-state index is 14.0. The van der Waals surface area contributed by atoms with Crippen molar-refractivity contribution in [1.82, 2.24) is 24.1 Å². The van der Waals surface area contributed by atoms with Crippen LogP contribution in [0.3, 0.4) is 0 Å². The molecule has 1 fully saturated rings. The van der Waals surface area contributed by atoms with Crippen LogP contribution in [0.5, 0.6) is 0 Å². The van der Waals surface area contributed by atoms with E-state index >= 15 is 0 Å². The van der Waals surface area contributed by atoms with E-state index in [-0.39, 0.29) is 29.1 Å². The number of hydrogen-bond donors (Lipinski definition) is 0. The number of hydrogen-bond acceptors (Lipinski definition) is 6. The van der Waals surface area contributed by atoms with Crippen LogP contribution >= 0.6 is 0 Å². The zero-order chi connectivity index (χ0) is 21.9. The molecule has 0 bridgehead atoms. The number of aromatic nitrogens is 5. The summed E-state index contributed by atoms with van der Waals surface area (Å²) in [6.45, 7) is 7.97. The molecule has 1 aliphatic rings. The van der Waals surface area contributed by atoms with Crippen LogP contribution in [0, 0.1) is 5.82 Å². The zero-order valence-corrected chi connectivity index (χ0v) is 17.9. The average Bonchev–Trinajstić information content (AvgIpc) is 3.45. The molecule has 2 unspecified atom stereocenters. The molecule has 1 aliphatic heterocycles. The van der Waals surface area contributed by atoms with Gasteiger partial charge >= 0.3 is 0 Å². The van der Waals surface area contributed by atoms with E-state index in [1.54, 1.807) is 21.4 Å². The van der Waals surface area contributed by atoms with Crippen molar-refractivity contribution in [3.63, 3.8) is 0 Å². The molecule has 4 heterocycles. The molecule has 2 atom stereocenters. The molecule has 8 nitrogen and oxygen atoms in total. The van der Waals surface area contributed by atoms with Crippen LogP contribution in [0.15, 0.2) is 33.8 Å². The van der Waals surface area contributed by atoms with E-state index in [2.05, 4.69) is 15.1 Å². The largest absolute Gasteiger partial charge is 0.363 e. The average molecular weight is 425 g/mol. The number of halogens is 1. The molecule has 0 radical (unpaired) electrons. The van der Waals surface area contributed by atoms with Crippen LogP contribution in [0.1, 0.15) is 65.0 Å². The SMILES string of the molecule is CCC(C)n1c(=O)c2c(-c3noc(C4CCC(C)(C)O4)n3)ncn2c2ccc(F)cc21. The highest BCUT2D eigenvalue weighted by Gasteiger charge is 2.36. The summed E-state index contributed by atoms with van der Waals surface area (Å²) in [4.78, 5) is 22.4. The van der Waals surface area contributed by atoms with Gasteiger partial charge in [-0.1, -0.05) is 12.1 Å². The standard InChI is InChI=1S/C22H24FN5O3/c1-5-12(2)28-15-10-13(23)6-7-14(15)27-11-24-17(18(27)21(28)29)19-25-20(31-26-19)16-8-9-22(3,4)30-16/h6-7,10-12,16H,5,8-9H2,1-4H3. The molecule has 0 saturated carbocycles. The van der Waals surface area contributed by atoms with Crippen molar-refractivity contribution >= 4 is 16.6 Å². The number of rotatable bonds is 4. The summed E-state index contributed by atoms with van der Waals surface area (Å²) >= 11 is 0. The minimum atomic E-state index is -0.397. The molecule has 31 heavy (non-hydrogen) atoms. The lowest BCUT2D eigenvalue weighted by atomic mass is 10.1. The molecule has 0 spiro atoms. The number of nitrogens with zero attached hydrogens (tertiary/aromatic N) is 5. The molecule has 5 rings (SSSR count). The number of ether oxygens (including phenoxy) is 1. The van der Waals surface area contributed by atoms with Crippen molar-refractivity contribution in [3.8, 4) is 11.5 Å². The van der Waals surface area contributed by atoms with Crippen molar-refractivity contribution in [2.75, 3.05) is 0 Å². The van der Waals surface area contributed by atoms with Gasteiger partial charge in [0.1, 0.15) is 29.5 Å².